The molecule has 2 N–H and O–H groups in total. The molecule has 3 aromatic rings. The fourth-order valence-corrected chi connectivity index (χ4v) is 2.72. The van der Waals surface area contributed by atoms with E-state index < -0.39 is 5.91 Å². The minimum Gasteiger partial charge on any atom is -0.506 e. The Morgan fingerprint density at radius 3 is 2.58 bits per heavy atom. The van der Waals surface area contributed by atoms with Gasteiger partial charge in [0.15, 0.2) is 6.29 Å². The topological polar surface area (TPSA) is 66.4 Å². The van der Waals surface area contributed by atoms with Crippen LogP contribution in [-0.4, -0.2) is 17.3 Å². The summed E-state index contributed by atoms with van der Waals surface area (Å²) in [6.45, 7) is 3.83. The molecule has 0 aliphatic carbocycles. The van der Waals surface area contributed by atoms with Crippen molar-refractivity contribution in [2.45, 2.75) is 13.8 Å². The van der Waals surface area contributed by atoms with Crippen LogP contribution in [0.3, 0.4) is 0 Å². The minimum atomic E-state index is -0.449. The molecule has 0 bridgehead atoms. The second kappa shape index (κ2) is 6.16. The molecule has 0 aliphatic heterocycles. The van der Waals surface area contributed by atoms with Gasteiger partial charge in [-0.1, -0.05) is 36.4 Å². The van der Waals surface area contributed by atoms with Gasteiger partial charge in [0, 0.05) is 5.69 Å². The molecule has 0 aromatic heterocycles. The number of aryl methyl sites for hydroxylation is 2. The lowest BCUT2D eigenvalue weighted by atomic mass is 9.99. The van der Waals surface area contributed by atoms with Gasteiger partial charge in [0.25, 0.3) is 5.91 Å². The van der Waals surface area contributed by atoms with Gasteiger partial charge in [-0.3, -0.25) is 9.59 Å². The fourth-order valence-electron chi connectivity index (χ4n) is 2.72. The normalized spacial score (nSPS) is 10.6. The maximum Gasteiger partial charge on any atom is 0.259 e. The van der Waals surface area contributed by atoms with Gasteiger partial charge in [-0.25, -0.2) is 0 Å². The summed E-state index contributed by atoms with van der Waals surface area (Å²) >= 11 is 0. The summed E-state index contributed by atoms with van der Waals surface area (Å²) in [7, 11) is 0. The summed E-state index contributed by atoms with van der Waals surface area (Å²) in [6.07, 6.45) is 0.576. The van der Waals surface area contributed by atoms with Crippen LogP contribution >= 0.6 is 0 Å². The molecular formula is C20H17NO3. The Labute approximate surface area is 139 Å². The number of fused-ring (bicyclic) bond motifs is 1. The van der Waals surface area contributed by atoms with Crippen LogP contribution in [0.1, 0.15) is 31.8 Å². The number of carbonyl (C=O) groups excluding carboxylic acids is 2. The van der Waals surface area contributed by atoms with Crippen molar-refractivity contribution in [1.29, 1.82) is 0 Å². The Kier molecular flexibility index (Phi) is 4.04. The van der Waals surface area contributed by atoms with Crippen molar-refractivity contribution in [2.75, 3.05) is 5.32 Å². The van der Waals surface area contributed by atoms with Crippen molar-refractivity contribution < 1.29 is 14.7 Å². The first kappa shape index (κ1) is 15.7. The Morgan fingerprint density at radius 2 is 1.83 bits per heavy atom. The third-order valence-corrected chi connectivity index (χ3v) is 4.06. The zero-order valence-electron chi connectivity index (χ0n) is 13.5. The number of phenolic OH excluding ortho intramolecular Hbond substituents is 1. The summed E-state index contributed by atoms with van der Waals surface area (Å²) in [5.74, 6) is -0.749. The monoisotopic (exact) mass is 319 g/mol. The van der Waals surface area contributed by atoms with E-state index in [2.05, 4.69) is 5.32 Å². The molecule has 0 unspecified atom stereocenters. The highest BCUT2D eigenvalue weighted by Gasteiger charge is 2.18. The average Bonchev–Trinajstić information content (AvgIpc) is 2.57. The summed E-state index contributed by atoms with van der Waals surface area (Å²) in [5, 5.41) is 14.5. The lowest BCUT2D eigenvalue weighted by molar-refractivity contribution is 0.102. The third kappa shape index (κ3) is 2.74. The number of aromatic hydroxyl groups is 1. The van der Waals surface area contributed by atoms with Crippen LogP contribution in [0, 0.1) is 13.8 Å². The number of hydrogen-bond donors (Lipinski definition) is 2. The van der Waals surface area contributed by atoms with Gasteiger partial charge in [0.2, 0.25) is 0 Å². The Balaban J connectivity index is 2.08. The minimum absolute atomic E-state index is 0.0803. The van der Waals surface area contributed by atoms with Crippen molar-refractivity contribution in [1.82, 2.24) is 0 Å². The second-order valence-electron chi connectivity index (χ2n) is 5.80. The zero-order chi connectivity index (χ0) is 17.3. The molecule has 4 nitrogen and oxygen atoms in total. The summed E-state index contributed by atoms with van der Waals surface area (Å²) in [5.41, 5.74) is 2.83. The van der Waals surface area contributed by atoms with Gasteiger partial charge >= 0.3 is 0 Å². The number of nitrogens with one attached hydrogen (secondary N) is 1. The highest BCUT2D eigenvalue weighted by Crippen LogP contribution is 2.31. The van der Waals surface area contributed by atoms with Crippen LogP contribution in [0.15, 0.2) is 48.5 Å². The molecule has 0 aliphatic rings. The van der Waals surface area contributed by atoms with Crippen LogP contribution in [0.4, 0.5) is 5.69 Å². The quantitative estimate of drug-likeness (QED) is 0.710. The molecule has 0 atom stereocenters. The van der Waals surface area contributed by atoms with Crippen LogP contribution in [0.5, 0.6) is 5.75 Å². The number of rotatable bonds is 3. The van der Waals surface area contributed by atoms with Gasteiger partial charge in [-0.05, 0) is 47.9 Å². The van der Waals surface area contributed by atoms with E-state index in [4.69, 9.17) is 0 Å². The number of hydrogen-bond acceptors (Lipinski definition) is 3. The molecule has 0 saturated carbocycles. The number of aldehydes is 1. The lowest BCUT2D eigenvalue weighted by Crippen LogP contribution is -2.14. The average molecular weight is 319 g/mol. The standard InChI is InChI=1S/C20H17NO3/c1-12-7-8-13(2)18(9-12)21-20(24)16-10-14-5-3-4-6-15(14)17(11-22)19(16)23/h3-11,23H,1-2H3,(H,21,24). The number of anilines is 1. The molecule has 3 aromatic carbocycles. The second-order valence-corrected chi connectivity index (χ2v) is 5.80. The predicted molar refractivity (Wildman–Crippen MR) is 94.9 cm³/mol. The van der Waals surface area contributed by atoms with Crippen molar-refractivity contribution >= 4 is 28.7 Å². The highest BCUT2D eigenvalue weighted by molar-refractivity contribution is 6.12. The number of benzene rings is 3. The molecule has 24 heavy (non-hydrogen) atoms. The molecule has 120 valence electrons. The Hall–Kier alpha value is -3.14. The summed E-state index contributed by atoms with van der Waals surface area (Å²) < 4.78 is 0. The van der Waals surface area contributed by atoms with Gasteiger partial charge < -0.3 is 10.4 Å². The fraction of sp³-hybridized carbons (Fsp3) is 0.100. The molecule has 4 heteroatoms. The van der Waals surface area contributed by atoms with Crippen molar-refractivity contribution in [3.8, 4) is 5.75 Å². The first-order valence-electron chi connectivity index (χ1n) is 7.59. The Morgan fingerprint density at radius 1 is 1.08 bits per heavy atom. The molecule has 0 radical (unpaired) electrons. The molecule has 0 saturated heterocycles. The van der Waals surface area contributed by atoms with E-state index in [0.717, 1.165) is 16.5 Å². The molecule has 3 rings (SSSR count). The van der Waals surface area contributed by atoms with Gasteiger partial charge in [0.05, 0.1) is 11.1 Å². The van der Waals surface area contributed by atoms with Gasteiger partial charge in [0.1, 0.15) is 5.75 Å². The number of amides is 1. The van der Waals surface area contributed by atoms with E-state index in [1.54, 1.807) is 24.3 Å². The van der Waals surface area contributed by atoms with E-state index in [-0.39, 0.29) is 16.9 Å². The van der Waals surface area contributed by atoms with E-state index in [1.807, 2.05) is 38.1 Å². The lowest BCUT2D eigenvalue weighted by Gasteiger charge is -2.12. The first-order chi connectivity index (χ1) is 11.5. The molecule has 0 heterocycles. The summed E-state index contributed by atoms with van der Waals surface area (Å²) in [4.78, 5) is 24.0. The van der Waals surface area contributed by atoms with Crippen LogP contribution in [0.25, 0.3) is 10.8 Å². The molecular weight excluding hydrogens is 302 g/mol. The maximum absolute atomic E-state index is 12.6. The van der Waals surface area contributed by atoms with E-state index in [0.29, 0.717) is 17.4 Å². The van der Waals surface area contributed by atoms with Crippen molar-refractivity contribution in [3.05, 3.63) is 70.8 Å². The van der Waals surface area contributed by atoms with Crippen molar-refractivity contribution in [2.24, 2.45) is 0 Å². The molecule has 0 fully saturated rings. The van der Waals surface area contributed by atoms with E-state index in [1.165, 1.54) is 0 Å². The third-order valence-electron chi connectivity index (χ3n) is 4.06. The highest BCUT2D eigenvalue weighted by atomic mass is 16.3. The zero-order valence-corrected chi connectivity index (χ0v) is 13.5. The molecule has 0 spiro atoms. The SMILES string of the molecule is Cc1ccc(C)c(NC(=O)c2cc3ccccc3c(C=O)c2O)c1. The van der Waals surface area contributed by atoms with Gasteiger partial charge in [-0.15, -0.1) is 0 Å². The van der Waals surface area contributed by atoms with E-state index in [9.17, 15) is 14.7 Å². The maximum atomic E-state index is 12.6. The van der Waals surface area contributed by atoms with Crippen LogP contribution in [-0.2, 0) is 0 Å². The smallest absolute Gasteiger partial charge is 0.259 e. The van der Waals surface area contributed by atoms with Crippen LogP contribution < -0.4 is 5.32 Å². The summed E-state index contributed by atoms with van der Waals surface area (Å²) in [6, 6.07) is 14.5. The van der Waals surface area contributed by atoms with Crippen LogP contribution in [0.2, 0.25) is 0 Å². The van der Waals surface area contributed by atoms with Crippen molar-refractivity contribution in [3.63, 3.8) is 0 Å². The number of carbonyl (C=O) groups is 2. The predicted octanol–water partition coefficient (Wildman–Crippen LogP) is 4.23. The molecule has 1 amide bonds. The first-order valence-corrected chi connectivity index (χ1v) is 7.59. The Bertz CT molecular complexity index is 961. The largest absolute Gasteiger partial charge is 0.506 e. The van der Waals surface area contributed by atoms with E-state index >= 15 is 0 Å². The number of phenols is 1. The van der Waals surface area contributed by atoms with Gasteiger partial charge in [-0.2, -0.15) is 0 Å².